The van der Waals surface area contributed by atoms with Crippen LogP contribution in [0.5, 0.6) is 0 Å². The maximum atomic E-state index is 2.59. The third kappa shape index (κ3) is 3.54. The largest absolute Gasteiger partial charge is 0.0776 e. The molecule has 0 aromatic rings. The summed E-state index contributed by atoms with van der Waals surface area (Å²) in [7, 11) is 0. The molecule has 0 nitrogen and oxygen atoms in total. The quantitative estimate of drug-likeness (QED) is 0.430. The van der Waals surface area contributed by atoms with E-state index in [4.69, 9.17) is 0 Å². The maximum absolute atomic E-state index is 2.59. The van der Waals surface area contributed by atoms with Gasteiger partial charge in [0.25, 0.3) is 0 Å². The molecule has 0 N–H and O–H groups in total. The summed E-state index contributed by atoms with van der Waals surface area (Å²) in [5, 5.41) is 0. The molecule has 22 heavy (non-hydrogen) atoms. The van der Waals surface area contributed by atoms with Crippen molar-refractivity contribution < 1.29 is 32.7 Å². The number of hydrogen-bond donors (Lipinski definition) is 0. The smallest absolute Gasteiger partial charge is 0 e. The molecule has 4 bridgehead atoms. The Morgan fingerprint density at radius 3 is 1.77 bits per heavy atom. The van der Waals surface area contributed by atoms with E-state index in [1.807, 2.05) is 0 Å². The fourth-order valence-electron chi connectivity index (χ4n) is 6.82. The molecule has 0 saturated heterocycles. The molecule has 8 atom stereocenters. The van der Waals surface area contributed by atoms with Crippen LogP contribution in [0.15, 0.2) is 0 Å². The summed E-state index contributed by atoms with van der Waals surface area (Å²) in [6.07, 6.45) is 9.41. The number of fused-ring (bicyclic) bond motifs is 9. The fraction of sp³-hybridized carbons (Fsp3) is 1.00. The van der Waals surface area contributed by atoms with Crippen molar-refractivity contribution in [1.82, 2.24) is 0 Å². The normalized spacial score (nSPS) is 45.0. The molecule has 0 aromatic heterocycles. The van der Waals surface area contributed by atoms with Gasteiger partial charge in [0.15, 0.2) is 0 Å². The zero-order chi connectivity index (χ0) is 10.9. The Morgan fingerprint density at radius 1 is 0.773 bits per heavy atom. The third-order valence-corrected chi connectivity index (χ3v) is 7.10. The average Bonchev–Trinajstić information content (AvgIpc) is 2.97. The SMILES string of the molecule is C.C.C.C.C.CCCC1C(C)C2CC1C1C3CCC(C3)C21.[Y]. The first-order valence-corrected chi connectivity index (χ1v) is 7.81. The van der Waals surface area contributed by atoms with Crippen LogP contribution in [0.1, 0.15) is 89.5 Å². The van der Waals surface area contributed by atoms with E-state index in [1.54, 1.807) is 25.7 Å². The molecule has 1 radical (unpaired) electrons. The Bertz CT molecular complexity index is 300. The predicted molar refractivity (Wildman–Crippen MR) is 101 cm³/mol. The van der Waals surface area contributed by atoms with Crippen molar-refractivity contribution >= 4 is 0 Å². The average molecular weight is 388 g/mol. The number of hydrogen-bond acceptors (Lipinski definition) is 0. The second kappa shape index (κ2) is 10.2. The summed E-state index contributed by atoms with van der Waals surface area (Å²) in [5.41, 5.74) is 0. The Kier molecular flexibility index (Phi) is 12.9. The summed E-state index contributed by atoms with van der Waals surface area (Å²) >= 11 is 0. The van der Waals surface area contributed by atoms with Crippen LogP contribution in [-0.4, -0.2) is 0 Å². The summed E-state index contributed by atoms with van der Waals surface area (Å²) in [6, 6.07) is 0. The number of rotatable bonds is 2. The Morgan fingerprint density at radius 2 is 1.27 bits per heavy atom. The van der Waals surface area contributed by atoms with Crippen LogP contribution in [0.2, 0.25) is 0 Å². The van der Waals surface area contributed by atoms with Crippen LogP contribution in [-0.2, 0) is 32.7 Å². The van der Waals surface area contributed by atoms with Crippen molar-refractivity contribution in [3.05, 3.63) is 0 Å². The van der Waals surface area contributed by atoms with Gasteiger partial charge in [0, 0.05) is 32.7 Å². The Labute approximate surface area is 168 Å². The van der Waals surface area contributed by atoms with Crippen LogP contribution in [0.4, 0.5) is 0 Å². The maximum Gasteiger partial charge on any atom is 0 e. The zero-order valence-electron chi connectivity index (χ0n) is 11.4. The van der Waals surface area contributed by atoms with Gasteiger partial charge >= 0.3 is 0 Å². The Balaban J connectivity index is -0.000000602. The van der Waals surface area contributed by atoms with Crippen molar-refractivity contribution in [1.29, 1.82) is 0 Å². The van der Waals surface area contributed by atoms with E-state index < -0.39 is 0 Å². The van der Waals surface area contributed by atoms with Crippen molar-refractivity contribution in [2.75, 3.05) is 0 Å². The van der Waals surface area contributed by atoms with Gasteiger partial charge in [0.1, 0.15) is 0 Å². The van der Waals surface area contributed by atoms with Gasteiger partial charge in [-0.15, -0.1) is 0 Å². The molecule has 1 heteroatoms. The summed E-state index contributed by atoms with van der Waals surface area (Å²) < 4.78 is 0. The summed E-state index contributed by atoms with van der Waals surface area (Å²) in [6.45, 7) is 4.98. The van der Waals surface area contributed by atoms with Gasteiger partial charge in [-0.1, -0.05) is 63.8 Å². The standard InChI is InChI=1S/C16H26.5CH4.Y/c1-3-4-12-9(2)13-8-14(12)16-11-6-5-10(7-11)15(13)16;;;;;;/h9-16H,3-8H2,1-2H3;5*1H4;. The first-order valence-electron chi connectivity index (χ1n) is 7.81. The van der Waals surface area contributed by atoms with E-state index in [2.05, 4.69) is 13.8 Å². The summed E-state index contributed by atoms with van der Waals surface area (Å²) in [5.74, 6) is 9.28. The summed E-state index contributed by atoms with van der Waals surface area (Å²) in [4.78, 5) is 0. The van der Waals surface area contributed by atoms with Crippen molar-refractivity contribution in [2.45, 2.75) is 89.5 Å². The molecule has 8 unspecified atom stereocenters. The second-order valence-electron chi connectivity index (χ2n) is 7.36. The van der Waals surface area contributed by atoms with Crippen LogP contribution in [0, 0.1) is 47.3 Å². The minimum absolute atomic E-state index is 0. The van der Waals surface area contributed by atoms with Crippen LogP contribution in [0.25, 0.3) is 0 Å². The topological polar surface area (TPSA) is 0 Å². The van der Waals surface area contributed by atoms with Crippen LogP contribution < -0.4 is 0 Å². The molecule has 0 amide bonds. The first-order chi connectivity index (χ1) is 7.81. The van der Waals surface area contributed by atoms with Gasteiger partial charge in [-0.2, -0.15) is 0 Å². The molecule has 4 aliphatic rings. The van der Waals surface area contributed by atoms with Gasteiger partial charge < -0.3 is 0 Å². The third-order valence-electron chi connectivity index (χ3n) is 7.10. The molecule has 0 heterocycles. The molecule has 4 fully saturated rings. The molecule has 0 spiro atoms. The van der Waals surface area contributed by atoms with E-state index in [0.29, 0.717) is 0 Å². The Hall–Kier alpha value is 1.10. The molecule has 133 valence electrons. The van der Waals surface area contributed by atoms with Crippen molar-refractivity contribution in [2.24, 2.45) is 47.3 Å². The van der Waals surface area contributed by atoms with Gasteiger partial charge in [-0.05, 0) is 73.0 Å². The molecular formula is C21H46Y. The fourth-order valence-corrected chi connectivity index (χ4v) is 6.82. The van der Waals surface area contributed by atoms with E-state index in [1.165, 1.54) is 42.4 Å². The minimum Gasteiger partial charge on any atom is -0.0776 e. The molecular weight excluding hydrogens is 341 g/mol. The molecule has 4 rings (SSSR count). The van der Waals surface area contributed by atoms with Gasteiger partial charge in [-0.25, -0.2) is 0 Å². The van der Waals surface area contributed by atoms with Gasteiger partial charge in [-0.3, -0.25) is 0 Å². The zero-order valence-corrected chi connectivity index (χ0v) is 14.3. The van der Waals surface area contributed by atoms with Gasteiger partial charge in [0.05, 0.1) is 0 Å². The first kappa shape index (κ1) is 27.9. The predicted octanol–water partition coefficient (Wildman–Crippen LogP) is 7.53. The van der Waals surface area contributed by atoms with Crippen LogP contribution in [0.3, 0.4) is 0 Å². The molecule has 0 aliphatic heterocycles. The molecule has 0 aromatic carbocycles. The van der Waals surface area contributed by atoms with Crippen LogP contribution >= 0.6 is 0 Å². The van der Waals surface area contributed by atoms with Crippen molar-refractivity contribution in [3.63, 3.8) is 0 Å². The van der Waals surface area contributed by atoms with E-state index in [-0.39, 0.29) is 69.8 Å². The molecule has 4 saturated carbocycles. The van der Waals surface area contributed by atoms with Crippen molar-refractivity contribution in [3.8, 4) is 0 Å². The minimum atomic E-state index is 0. The molecule has 4 aliphatic carbocycles. The van der Waals surface area contributed by atoms with E-state index in [0.717, 1.165) is 17.8 Å². The van der Waals surface area contributed by atoms with Gasteiger partial charge in [0.2, 0.25) is 0 Å². The van der Waals surface area contributed by atoms with E-state index >= 15 is 0 Å². The monoisotopic (exact) mass is 387 g/mol. The second-order valence-corrected chi connectivity index (χ2v) is 7.36. The van der Waals surface area contributed by atoms with E-state index in [9.17, 15) is 0 Å².